The normalized spacial score (nSPS) is 11.5. The zero-order valence-electron chi connectivity index (χ0n) is 11.2. The van der Waals surface area contributed by atoms with Crippen molar-refractivity contribution >= 4 is 23.8 Å². The van der Waals surface area contributed by atoms with Crippen molar-refractivity contribution in [1.82, 2.24) is 10.8 Å². The van der Waals surface area contributed by atoms with Crippen LogP contribution in [0.4, 0.5) is 4.79 Å². The summed E-state index contributed by atoms with van der Waals surface area (Å²) in [6.45, 7) is 0.128. The molecule has 2 amide bonds. The number of amides is 2. The molecule has 0 spiro atoms. The third kappa shape index (κ3) is 5.94. The highest BCUT2D eigenvalue weighted by Crippen LogP contribution is 2.03. The van der Waals surface area contributed by atoms with Gasteiger partial charge in [0.05, 0.1) is 0 Å². The highest BCUT2D eigenvalue weighted by atomic mass is 32.2. The molecule has 1 rings (SSSR count). The number of hydroxylamine groups is 1. The number of rotatable bonds is 7. The van der Waals surface area contributed by atoms with Crippen molar-refractivity contribution in [2.45, 2.75) is 19.1 Å². The fourth-order valence-corrected chi connectivity index (χ4v) is 1.96. The van der Waals surface area contributed by atoms with E-state index < -0.39 is 18.0 Å². The Bertz CT molecular complexity index is 428. The van der Waals surface area contributed by atoms with Gasteiger partial charge in [-0.3, -0.25) is 10.0 Å². The van der Waals surface area contributed by atoms with E-state index in [1.54, 1.807) is 11.8 Å². The van der Waals surface area contributed by atoms with E-state index in [0.717, 1.165) is 5.56 Å². The Hall–Kier alpha value is -1.73. The predicted molar refractivity (Wildman–Crippen MR) is 76.5 cm³/mol. The summed E-state index contributed by atoms with van der Waals surface area (Å²) in [5.41, 5.74) is 2.39. The van der Waals surface area contributed by atoms with Gasteiger partial charge in [0.2, 0.25) is 0 Å². The van der Waals surface area contributed by atoms with E-state index in [2.05, 4.69) is 5.32 Å². The van der Waals surface area contributed by atoms with Crippen LogP contribution in [0.3, 0.4) is 0 Å². The zero-order valence-corrected chi connectivity index (χ0v) is 12.0. The second-order valence-corrected chi connectivity index (χ2v) is 5.00. The molecule has 6 nitrogen and oxygen atoms in total. The molecule has 0 bridgehead atoms. The summed E-state index contributed by atoms with van der Waals surface area (Å²) in [6.07, 6.45) is 1.61. The fourth-order valence-electron chi connectivity index (χ4n) is 1.49. The van der Waals surface area contributed by atoms with E-state index in [4.69, 9.17) is 9.94 Å². The topological polar surface area (TPSA) is 87.7 Å². The van der Waals surface area contributed by atoms with Gasteiger partial charge in [0.25, 0.3) is 5.91 Å². The molecular formula is C13H18N2O4S. The Balaban J connectivity index is 2.43. The van der Waals surface area contributed by atoms with Gasteiger partial charge in [-0.15, -0.1) is 0 Å². The summed E-state index contributed by atoms with van der Waals surface area (Å²) in [7, 11) is 0. The van der Waals surface area contributed by atoms with E-state index in [1.807, 2.05) is 36.6 Å². The van der Waals surface area contributed by atoms with Crippen LogP contribution in [-0.4, -0.2) is 35.3 Å². The van der Waals surface area contributed by atoms with E-state index in [-0.39, 0.29) is 6.61 Å². The summed E-state index contributed by atoms with van der Waals surface area (Å²) in [4.78, 5) is 23.0. The minimum absolute atomic E-state index is 0.128. The fraction of sp³-hybridized carbons (Fsp3) is 0.385. The van der Waals surface area contributed by atoms with Crippen molar-refractivity contribution in [3.63, 3.8) is 0 Å². The number of thioether (sulfide) groups is 1. The average Bonchev–Trinajstić information content (AvgIpc) is 2.49. The molecule has 20 heavy (non-hydrogen) atoms. The van der Waals surface area contributed by atoms with Crippen molar-refractivity contribution < 1.29 is 19.5 Å². The summed E-state index contributed by atoms with van der Waals surface area (Å²) < 4.78 is 5.01. The van der Waals surface area contributed by atoms with Crippen LogP contribution < -0.4 is 10.8 Å². The van der Waals surface area contributed by atoms with Crippen LogP contribution in [0.15, 0.2) is 30.3 Å². The van der Waals surface area contributed by atoms with Gasteiger partial charge < -0.3 is 10.1 Å². The molecule has 0 fully saturated rings. The van der Waals surface area contributed by atoms with E-state index in [1.165, 1.54) is 5.48 Å². The van der Waals surface area contributed by atoms with Gasteiger partial charge >= 0.3 is 6.09 Å². The molecule has 0 radical (unpaired) electrons. The smallest absolute Gasteiger partial charge is 0.408 e. The second kappa shape index (κ2) is 9.22. The van der Waals surface area contributed by atoms with Crippen molar-refractivity contribution in [2.75, 3.05) is 12.0 Å². The van der Waals surface area contributed by atoms with Gasteiger partial charge in [0.15, 0.2) is 0 Å². The number of ether oxygens (including phenoxy) is 1. The molecule has 110 valence electrons. The average molecular weight is 298 g/mol. The third-order valence-electron chi connectivity index (χ3n) is 2.54. The molecule has 1 atom stereocenters. The van der Waals surface area contributed by atoms with Crippen LogP contribution in [0.2, 0.25) is 0 Å². The summed E-state index contributed by atoms with van der Waals surface area (Å²) >= 11 is 1.54. The number of nitrogens with one attached hydrogen (secondary N) is 2. The van der Waals surface area contributed by atoms with Crippen molar-refractivity contribution in [1.29, 1.82) is 0 Å². The lowest BCUT2D eigenvalue weighted by Gasteiger charge is -2.16. The summed E-state index contributed by atoms with van der Waals surface area (Å²) in [5.74, 6) is 0.0209. The maximum Gasteiger partial charge on any atom is 0.408 e. The molecule has 0 heterocycles. The monoisotopic (exact) mass is 298 g/mol. The Morgan fingerprint density at radius 3 is 2.65 bits per heavy atom. The van der Waals surface area contributed by atoms with Crippen molar-refractivity contribution in [2.24, 2.45) is 0 Å². The summed E-state index contributed by atoms with van der Waals surface area (Å²) in [5, 5.41) is 11.1. The molecule has 1 aromatic rings. The first-order valence-electron chi connectivity index (χ1n) is 6.07. The zero-order chi connectivity index (χ0) is 14.8. The SMILES string of the molecule is CSCC[C@H](NC(=O)OCc1ccccc1)C(=O)NO. The number of hydrogen-bond donors (Lipinski definition) is 3. The van der Waals surface area contributed by atoms with Crippen molar-refractivity contribution in [3.8, 4) is 0 Å². The molecule has 0 aromatic heterocycles. The number of hydrogen-bond acceptors (Lipinski definition) is 5. The van der Waals surface area contributed by atoms with Crippen LogP contribution in [0.1, 0.15) is 12.0 Å². The van der Waals surface area contributed by atoms with Gasteiger partial charge in [-0.05, 0) is 24.0 Å². The molecular weight excluding hydrogens is 280 g/mol. The van der Waals surface area contributed by atoms with E-state index in [9.17, 15) is 9.59 Å². The van der Waals surface area contributed by atoms with Gasteiger partial charge in [-0.1, -0.05) is 30.3 Å². The highest BCUT2D eigenvalue weighted by molar-refractivity contribution is 7.98. The Labute approximate surface area is 121 Å². The van der Waals surface area contributed by atoms with E-state index >= 15 is 0 Å². The molecule has 0 aliphatic carbocycles. The van der Waals surface area contributed by atoms with Crippen LogP contribution in [-0.2, 0) is 16.1 Å². The van der Waals surface area contributed by atoms with Gasteiger partial charge in [0.1, 0.15) is 12.6 Å². The van der Waals surface area contributed by atoms with Crippen LogP contribution in [0.25, 0.3) is 0 Å². The molecule has 0 saturated carbocycles. The number of benzene rings is 1. The molecule has 0 aliphatic rings. The number of carbonyl (C=O) groups excluding carboxylic acids is 2. The number of carbonyl (C=O) groups is 2. The van der Waals surface area contributed by atoms with Gasteiger partial charge in [-0.2, -0.15) is 11.8 Å². The summed E-state index contributed by atoms with van der Waals surface area (Å²) in [6, 6.07) is 8.41. The van der Waals surface area contributed by atoms with Gasteiger partial charge in [0, 0.05) is 0 Å². The van der Waals surface area contributed by atoms with Gasteiger partial charge in [-0.25, -0.2) is 10.3 Å². The molecule has 0 aliphatic heterocycles. The highest BCUT2D eigenvalue weighted by Gasteiger charge is 2.20. The Kier molecular flexibility index (Phi) is 7.52. The number of alkyl carbamates (subject to hydrolysis) is 1. The van der Waals surface area contributed by atoms with E-state index in [0.29, 0.717) is 12.2 Å². The molecule has 0 unspecified atom stereocenters. The molecule has 1 aromatic carbocycles. The largest absolute Gasteiger partial charge is 0.445 e. The first-order chi connectivity index (χ1) is 9.67. The lowest BCUT2D eigenvalue weighted by molar-refractivity contribution is -0.131. The maximum atomic E-state index is 11.6. The quantitative estimate of drug-likeness (QED) is 0.525. The van der Waals surface area contributed by atoms with Crippen molar-refractivity contribution in [3.05, 3.63) is 35.9 Å². The minimum Gasteiger partial charge on any atom is -0.445 e. The lowest BCUT2D eigenvalue weighted by Crippen LogP contribution is -2.46. The first-order valence-corrected chi connectivity index (χ1v) is 7.47. The second-order valence-electron chi connectivity index (χ2n) is 4.02. The Morgan fingerprint density at radius 2 is 2.05 bits per heavy atom. The lowest BCUT2D eigenvalue weighted by atomic mass is 10.2. The minimum atomic E-state index is -0.810. The van der Waals surface area contributed by atoms with Crippen LogP contribution in [0, 0.1) is 0 Å². The maximum absolute atomic E-state index is 11.6. The Morgan fingerprint density at radius 1 is 1.35 bits per heavy atom. The molecule has 3 N–H and O–H groups in total. The third-order valence-corrected chi connectivity index (χ3v) is 3.19. The molecule has 0 saturated heterocycles. The predicted octanol–water partition coefficient (Wildman–Crippen LogP) is 1.54. The van der Waals surface area contributed by atoms with Crippen LogP contribution >= 0.6 is 11.8 Å². The van der Waals surface area contributed by atoms with Crippen LogP contribution in [0.5, 0.6) is 0 Å². The first kappa shape index (κ1) is 16.3. The molecule has 7 heteroatoms. The standard InChI is InChI=1S/C13H18N2O4S/c1-20-8-7-11(12(16)15-18)14-13(17)19-9-10-5-3-2-4-6-10/h2-6,11,18H,7-9H2,1H3,(H,14,17)(H,15,16)/t11-/m0/s1.